The predicted molar refractivity (Wildman–Crippen MR) is 79.5 cm³/mol. The number of aromatic amines is 1. The van der Waals surface area contributed by atoms with Gasteiger partial charge >= 0.3 is 0 Å². The Labute approximate surface area is 121 Å². The quantitative estimate of drug-likeness (QED) is 0.892. The Hall–Kier alpha value is -2.89. The third-order valence-electron chi connectivity index (χ3n) is 2.82. The number of rotatable bonds is 3. The van der Waals surface area contributed by atoms with Gasteiger partial charge < -0.3 is 15.2 Å². The minimum atomic E-state index is -0.360. The number of carbonyl (C=O) groups is 2. The van der Waals surface area contributed by atoms with Crippen LogP contribution in [0.3, 0.4) is 0 Å². The van der Waals surface area contributed by atoms with Crippen molar-refractivity contribution in [3.05, 3.63) is 64.1 Å². The predicted octanol–water partition coefficient (Wildman–Crippen LogP) is 1.33. The van der Waals surface area contributed by atoms with Crippen molar-refractivity contribution in [3.8, 4) is 0 Å². The summed E-state index contributed by atoms with van der Waals surface area (Å²) in [6.07, 6.45) is 1.34. The molecule has 6 nitrogen and oxygen atoms in total. The summed E-state index contributed by atoms with van der Waals surface area (Å²) in [7, 11) is 3.32. The third kappa shape index (κ3) is 3.56. The number of nitrogens with zero attached hydrogens (tertiary/aromatic N) is 1. The topological polar surface area (TPSA) is 82.3 Å². The second kappa shape index (κ2) is 6.04. The van der Waals surface area contributed by atoms with Crippen molar-refractivity contribution in [2.45, 2.75) is 0 Å². The Morgan fingerprint density at radius 3 is 2.48 bits per heavy atom. The molecule has 0 aliphatic carbocycles. The first-order chi connectivity index (χ1) is 9.97. The summed E-state index contributed by atoms with van der Waals surface area (Å²) in [6.45, 7) is 0. The number of carbonyl (C=O) groups excluding carboxylic acids is 2. The van der Waals surface area contributed by atoms with Gasteiger partial charge in [-0.25, -0.2) is 0 Å². The number of benzene rings is 1. The molecule has 0 unspecified atom stereocenters. The van der Waals surface area contributed by atoms with Gasteiger partial charge in [-0.3, -0.25) is 14.4 Å². The van der Waals surface area contributed by atoms with Crippen LogP contribution < -0.4 is 10.9 Å². The van der Waals surface area contributed by atoms with E-state index in [0.717, 1.165) is 0 Å². The average Bonchev–Trinajstić information content (AvgIpc) is 2.47. The maximum absolute atomic E-state index is 12.0. The van der Waals surface area contributed by atoms with Crippen LogP contribution in [0.5, 0.6) is 0 Å². The lowest BCUT2D eigenvalue weighted by Crippen LogP contribution is -2.22. The van der Waals surface area contributed by atoms with E-state index in [2.05, 4.69) is 10.3 Å². The van der Waals surface area contributed by atoms with Crippen molar-refractivity contribution >= 4 is 17.5 Å². The molecule has 6 heteroatoms. The highest BCUT2D eigenvalue weighted by Gasteiger charge is 2.10. The van der Waals surface area contributed by atoms with E-state index in [-0.39, 0.29) is 17.4 Å². The largest absolute Gasteiger partial charge is 0.345 e. The minimum Gasteiger partial charge on any atom is -0.345 e. The summed E-state index contributed by atoms with van der Waals surface area (Å²) in [4.78, 5) is 38.7. The summed E-state index contributed by atoms with van der Waals surface area (Å²) in [5, 5.41) is 2.68. The number of amides is 2. The number of H-pyrrole nitrogens is 1. The molecule has 0 radical (unpaired) electrons. The lowest BCUT2D eigenvalue weighted by molar-refractivity contribution is 0.0827. The molecule has 0 aliphatic heterocycles. The van der Waals surface area contributed by atoms with Gasteiger partial charge in [-0.1, -0.05) is 6.07 Å². The lowest BCUT2D eigenvalue weighted by atomic mass is 10.1. The highest BCUT2D eigenvalue weighted by molar-refractivity contribution is 6.04. The van der Waals surface area contributed by atoms with E-state index in [1.165, 1.54) is 23.2 Å². The van der Waals surface area contributed by atoms with Crippen LogP contribution in [-0.2, 0) is 0 Å². The molecule has 0 atom stereocenters. The van der Waals surface area contributed by atoms with E-state index in [1.54, 1.807) is 38.4 Å². The van der Waals surface area contributed by atoms with Crippen LogP contribution >= 0.6 is 0 Å². The maximum atomic E-state index is 12.0. The Morgan fingerprint density at radius 1 is 1.10 bits per heavy atom. The first kappa shape index (κ1) is 14.5. The van der Waals surface area contributed by atoms with E-state index in [0.29, 0.717) is 16.8 Å². The third-order valence-corrected chi connectivity index (χ3v) is 2.82. The molecule has 2 aromatic rings. The van der Waals surface area contributed by atoms with Crippen LogP contribution in [0.4, 0.5) is 5.69 Å². The molecule has 0 saturated heterocycles. The molecule has 0 saturated carbocycles. The molecule has 2 N–H and O–H groups in total. The first-order valence-electron chi connectivity index (χ1n) is 6.29. The summed E-state index contributed by atoms with van der Waals surface area (Å²) < 4.78 is 0. The number of hydrogen-bond acceptors (Lipinski definition) is 3. The highest BCUT2D eigenvalue weighted by Crippen LogP contribution is 2.13. The molecule has 0 fully saturated rings. The normalized spacial score (nSPS) is 10.0. The van der Waals surface area contributed by atoms with Crippen molar-refractivity contribution in [2.24, 2.45) is 0 Å². The number of anilines is 1. The van der Waals surface area contributed by atoms with Crippen molar-refractivity contribution in [1.29, 1.82) is 0 Å². The van der Waals surface area contributed by atoms with Crippen LogP contribution in [-0.4, -0.2) is 35.8 Å². The molecule has 1 aromatic carbocycles. The first-order valence-corrected chi connectivity index (χ1v) is 6.29. The molecule has 1 aromatic heterocycles. The minimum absolute atomic E-state index is 0.143. The van der Waals surface area contributed by atoms with E-state index in [1.807, 2.05) is 0 Å². The molecule has 2 rings (SSSR count). The molecule has 2 amide bonds. The molecule has 108 valence electrons. The lowest BCUT2D eigenvalue weighted by Gasteiger charge is -2.11. The van der Waals surface area contributed by atoms with Crippen molar-refractivity contribution in [2.75, 3.05) is 19.4 Å². The Morgan fingerprint density at radius 2 is 1.86 bits per heavy atom. The van der Waals surface area contributed by atoms with Crippen LogP contribution in [0, 0.1) is 0 Å². The summed E-state index contributed by atoms with van der Waals surface area (Å²) in [5.41, 5.74) is 1.06. The van der Waals surface area contributed by atoms with E-state index in [4.69, 9.17) is 0 Å². The van der Waals surface area contributed by atoms with Crippen LogP contribution in [0.25, 0.3) is 0 Å². The maximum Gasteiger partial charge on any atom is 0.257 e. The molecule has 21 heavy (non-hydrogen) atoms. The zero-order valence-corrected chi connectivity index (χ0v) is 11.7. The number of nitrogens with one attached hydrogen (secondary N) is 2. The number of aromatic nitrogens is 1. The van der Waals surface area contributed by atoms with Gasteiger partial charge in [0.05, 0.1) is 5.56 Å². The molecule has 0 bridgehead atoms. The SMILES string of the molecule is CN(C)C(=O)c1cccc(NC(=O)c2ccc(=O)[nH]c2)c1. The fraction of sp³-hybridized carbons (Fsp3) is 0.133. The molecule has 0 aliphatic rings. The van der Waals surface area contributed by atoms with E-state index < -0.39 is 0 Å². The van der Waals surface area contributed by atoms with Crippen molar-refractivity contribution in [1.82, 2.24) is 9.88 Å². The van der Waals surface area contributed by atoms with E-state index >= 15 is 0 Å². The Kier molecular flexibility index (Phi) is 4.18. The fourth-order valence-corrected chi connectivity index (χ4v) is 1.74. The second-order valence-electron chi connectivity index (χ2n) is 4.68. The van der Waals surface area contributed by atoms with Gasteiger partial charge in [0, 0.05) is 37.6 Å². The molecular weight excluding hydrogens is 270 g/mol. The van der Waals surface area contributed by atoms with Crippen LogP contribution in [0.2, 0.25) is 0 Å². The number of hydrogen-bond donors (Lipinski definition) is 2. The standard InChI is InChI=1S/C15H15N3O3/c1-18(2)15(21)10-4-3-5-12(8-10)17-14(20)11-6-7-13(19)16-9-11/h3-9H,1-2H3,(H,16,19)(H,17,20). The molecule has 1 heterocycles. The Bertz CT molecular complexity index is 714. The molecule has 0 spiro atoms. The van der Waals surface area contributed by atoms with E-state index in [9.17, 15) is 14.4 Å². The van der Waals surface area contributed by atoms with Gasteiger partial charge in [-0.05, 0) is 24.3 Å². The Balaban J connectivity index is 2.18. The highest BCUT2D eigenvalue weighted by atomic mass is 16.2. The summed E-state index contributed by atoms with van der Waals surface area (Å²) in [5.74, 6) is -0.504. The van der Waals surface area contributed by atoms with Gasteiger partial charge in [0.1, 0.15) is 0 Å². The number of pyridine rings is 1. The fourth-order valence-electron chi connectivity index (χ4n) is 1.74. The second-order valence-corrected chi connectivity index (χ2v) is 4.68. The zero-order valence-electron chi connectivity index (χ0n) is 11.7. The van der Waals surface area contributed by atoms with Crippen molar-refractivity contribution < 1.29 is 9.59 Å². The van der Waals surface area contributed by atoms with Gasteiger partial charge in [-0.15, -0.1) is 0 Å². The van der Waals surface area contributed by atoms with Crippen molar-refractivity contribution in [3.63, 3.8) is 0 Å². The van der Waals surface area contributed by atoms with Crippen LogP contribution in [0.15, 0.2) is 47.4 Å². The molecular formula is C15H15N3O3. The monoisotopic (exact) mass is 285 g/mol. The average molecular weight is 285 g/mol. The summed E-state index contributed by atoms with van der Waals surface area (Å²) in [6, 6.07) is 9.38. The van der Waals surface area contributed by atoms with Gasteiger partial charge in [0.15, 0.2) is 0 Å². The van der Waals surface area contributed by atoms with Gasteiger partial charge in [0.25, 0.3) is 11.8 Å². The van der Waals surface area contributed by atoms with Crippen LogP contribution in [0.1, 0.15) is 20.7 Å². The summed E-state index contributed by atoms with van der Waals surface area (Å²) >= 11 is 0. The zero-order chi connectivity index (χ0) is 15.4. The smallest absolute Gasteiger partial charge is 0.257 e. The van der Waals surface area contributed by atoms with Gasteiger partial charge in [0.2, 0.25) is 5.56 Å². The van der Waals surface area contributed by atoms with Gasteiger partial charge in [-0.2, -0.15) is 0 Å².